The van der Waals surface area contributed by atoms with Gasteiger partial charge >= 0.3 is 0 Å². The Morgan fingerprint density at radius 2 is 0.836 bits per heavy atom. The highest BCUT2D eigenvalue weighted by Crippen LogP contribution is 2.44. The molecule has 0 amide bonds. The van der Waals surface area contributed by atoms with Gasteiger partial charge in [0.2, 0.25) is 0 Å². The van der Waals surface area contributed by atoms with Crippen molar-refractivity contribution in [1.29, 1.82) is 0 Å². The van der Waals surface area contributed by atoms with Gasteiger partial charge in [0.15, 0.2) is 18.3 Å². The summed E-state index contributed by atoms with van der Waals surface area (Å²) < 4.78 is 2.58. The van der Waals surface area contributed by atoms with Crippen molar-refractivity contribution < 1.29 is 4.58 Å². The molecule has 0 radical (unpaired) electrons. The second-order valence-corrected chi connectivity index (χ2v) is 16.3. The van der Waals surface area contributed by atoms with Gasteiger partial charge < -0.3 is 0 Å². The average Bonchev–Trinajstić information content (AvgIpc) is 3.36. The molecule has 0 fully saturated rings. The molecule has 0 aromatic heterocycles. The predicted molar refractivity (Wildman–Crippen MR) is 240 cm³/mol. The van der Waals surface area contributed by atoms with Gasteiger partial charge in [0.1, 0.15) is 6.15 Å². The Morgan fingerprint density at radius 1 is 0.455 bits per heavy atom. The molecule has 1 aliphatic rings. The summed E-state index contributed by atoms with van der Waals surface area (Å²) in [7, 11) is 0. The molecule has 8 aromatic rings. The van der Waals surface area contributed by atoms with E-state index in [1.807, 2.05) is 0 Å². The summed E-state index contributed by atoms with van der Waals surface area (Å²) in [6.07, 6.45) is 1.20. The van der Waals surface area contributed by atoms with E-state index in [4.69, 9.17) is 0 Å². The molecule has 55 heavy (non-hydrogen) atoms. The summed E-state index contributed by atoms with van der Waals surface area (Å²) >= 11 is 0. The fourth-order valence-corrected chi connectivity index (χ4v) is 9.04. The molecule has 0 bridgehead atoms. The molecule has 9 rings (SSSR count). The molecule has 0 N–H and O–H groups in total. The summed E-state index contributed by atoms with van der Waals surface area (Å²) in [5.74, 6) is 0. The number of benzene rings is 8. The maximum absolute atomic E-state index is 2.58. The van der Waals surface area contributed by atoms with Gasteiger partial charge in [-0.25, -0.2) is 4.58 Å². The van der Waals surface area contributed by atoms with E-state index in [0.29, 0.717) is 12.1 Å². The molecular weight excluding hydrogens is 661 g/mol. The van der Waals surface area contributed by atoms with Crippen LogP contribution in [0.4, 0.5) is 0 Å². The monoisotopic (exact) mass is 711 g/mol. The molecule has 2 heteroatoms. The van der Waals surface area contributed by atoms with Crippen LogP contribution in [0.25, 0.3) is 32.7 Å². The minimum atomic E-state index is -1.22. The molecule has 1 aliphatic heterocycles. The zero-order valence-electron chi connectivity index (χ0n) is 32.7. The second-order valence-electron chi connectivity index (χ2n) is 16.3. The molecule has 2 atom stereocenters. The minimum Gasteiger partial charge on any atom is -0.226 e. The summed E-state index contributed by atoms with van der Waals surface area (Å²) in [6.45, 7) is 11.7. The van der Waals surface area contributed by atoms with Crippen LogP contribution in [0.5, 0.6) is 0 Å². The van der Waals surface area contributed by atoms with Crippen LogP contribution >= 0.6 is 0 Å². The highest BCUT2D eigenvalue weighted by Gasteiger charge is 2.37. The van der Waals surface area contributed by atoms with E-state index in [0.717, 1.165) is 0 Å². The fourth-order valence-electron chi connectivity index (χ4n) is 9.04. The van der Waals surface area contributed by atoms with Crippen LogP contribution < -0.4 is 21.9 Å². The quantitative estimate of drug-likeness (QED) is 0.124. The van der Waals surface area contributed by atoms with Crippen LogP contribution in [0.2, 0.25) is 0 Å². The summed E-state index contributed by atoms with van der Waals surface area (Å²) in [6, 6.07) is 71.1. The van der Waals surface area contributed by atoms with Crippen LogP contribution in [0.3, 0.4) is 0 Å². The van der Waals surface area contributed by atoms with Crippen molar-refractivity contribution in [2.24, 2.45) is 5.41 Å². The molecule has 0 aliphatic carbocycles. The lowest BCUT2D eigenvalue weighted by atomic mass is 9.13. The minimum absolute atomic E-state index is 0.184. The topological polar surface area (TPSA) is 3.01 Å². The van der Waals surface area contributed by atoms with Crippen molar-refractivity contribution >= 4 is 55.8 Å². The van der Waals surface area contributed by atoms with Gasteiger partial charge in [-0.1, -0.05) is 209 Å². The molecule has 0 spiro atoms. The van der Waals surface area contributed by atoms with Gasteiger partial charge in [0, 0.05) is 34.6 Å². The van der Waals surface area contributed by atoms with E-state index in [9.17, 15) is 0 Å². The third-order valence-electron chi connectivity index (χ3n) is 12.3. The van der Waals surface area contributed by atoms with Gasteiger partial charge in [-0.2, -0.15) is 21.9 Å². The Labute approximate surface area is 327 Å². The predicted octanol–water partition coefficient (Wildman–Crippen LogP) is 10.7. The Morgan fingerprint density at radius 3 is 1.27 bits per heavy atom. The largest absolute Gasteiger partial charge is 0.226 e. The summed E-state index contributed by atoms with van der Waals surface area (Å²) in [5, 5.41) is 5.28. The number of hydrogen-bond acceptors (Lipinski definition) is 0. The first-order valence-electron chi connectivity index (χ1n) is 19.8. The number of hydrogen-bond donors (Lipinski definition) is 0. The summed E-state index contributed by atoms with van der Waals surface area (Å²) in [5.41, 5.74) is 11.0. The van der Waals surface area contributed by atoms with Gasteiger partial charge in [-0.3, -0.25) is 0 Å². The molecule has 0 saturated carbocycles. The zero-order chi connectivity index (χ0) is 38.0. The Hall–Kier alpha value is -5.99. The highest BCUT2D eigenvalue weighted by molar-refractivity contribution is 7.19. The number of nitrogens with zero attached hydrogens (tertiary/aromatic N) is 1. The first-order chi connectivity index (χ1) is 26.8. The van der Waals surface area contributed by atoms with Crippen molar-refractivity contribution in [2.45, 2.75) is 46.7 Å². The average molecular weight is 712 g/mol. The van der Waals surface area contributed by atoms with Crippen LogP contribution in [-0.4, -0.2) is 23.0 Å². The van der Waals surface area contributed by atoms with E-state index in [1.165, 1.54) is 65.6 Å². The van der Waals surface area contributed by atoms with E-state index < -0.39 is 6.15 Å². The van der Waals surface area contributed by atoms with E-state index in [-0.39, 0.29) is 5.41 Å². The molecule has 0 saturated heterocycles. The first-order valence-corrected chi connectivity index (χ1v) is 19.8. The van der Waals surface area contributed by atoms with E-state index in [2.05, 4.69) is 240 Å². The lowest BCUT2D eigenvalue weighted by Gasteiger charge is -2.44. The highest BCUT2D eigenvalue weighted by atomic mass is 15.1. The third-order valence-corrected chi connectivity index (χ3v) is 12.3. The van der Waals surface area contributed by atoms with Crippen molar-refractivity contribution in [2.75, 3.05) is 0 Å². The van der Waals surface area contributed by atoms with Crippen LogP contribution in [0.1, 0.15) is 51.8 Å². The molecule has 0 unspecified atom stereocenters. The zero-order valence-corrected chi connectivity index (χ0v) is 32.7. The van der Waals surface area contributed by atoms with Crippen molar-refractivity contribution in [3.63, 3.8) is 0 Å². The third kappa shape index (κ3) is 6.61. The van der Waals surface area contributed by atoms with Crippen molar-refractivity contribution in [1.82, 2.24) is 0 Å². The van der Waals surface area contributed by atoms with Gasteiger partial charge in [0.25, 0.3) is 0 Å². The first kappa shape index (κ1) is 36.0. The van der Waals surface area contributed by atoms with Gasteiger partial charge in [-0.15, -0.1) is 0 Å². The molecule has 270 valence electrons. The molecule has 1 heterocycles. The van der Waals surface area contributed by atoms with Gasteiger partial charge in [-0.05, 0) is 34.5 Å². The second kappa shape index (κ2) is 15.0. The Balaban J connectivity index is 0.000000158. The molecule has 1 nitrogen and oxygen atoms in total. The molecular formula is C53H50BN. The maximum Gasteiger partial charge on any atom is 0.176 e. The smallest absolute Gasteiger partial charge is 0.176 e. The number of fused-ring (bicyclic) bond motifs is 7. The van der Waals surface area contributed by atoms with Crippen LogP contribution in [0, 0.1) is 5.41 Å². The Kier molecular flexibility index (Phi) is 9.85. The van der Waals surface area contributed by atoms with Crippen molar-refractivity contribution in [3.05, 3.63) is 205 Å². The van der Waals surface area contributed by atoms with E-state index >= 15 is 0 Å². The SMILES string of the molecule is C[C@@H]1c2ccc3ccccc3c2-c2c(ccc3ccccc23)C=[N+]1[C@@H](C)C(C)(C)C.c1ccc([B-](c2ccccc2)(c2ccccc2)c2ccccc2)cc1. The fraction of sp³-hybridized carbons (Fsp3) is 0.151. The van der Waals surface area contributed by atoms with Gasteiger partial charge in [0.05, 0.1) is 0 Å². The maximum atomic E-state index is 2.58. The normalized spacial score (nSPS) is 14.5. The van der Waals surface area contributed by atoms with Crippen molar-refractivity contribution in [3.8, 4) is 11.1 Å². The number of rotatable bonds is 5. The van der Waals surface area contributed by atoms with E-state index in [1.54, 1.807) is 0 Å². The molecule has 8 aromatic carbocycles. The van der Waals surface area contributed by atoms with Crippen LogP contribution in [0.15, 0.2) is 194 Å². The summed E-state index contributed by atoms with van der Waals surface area (Å²) in [4.78, 5) is 0. The Bertz CT molecular complexity index is 2420. The lowest BCUT2D eigenvalue weighted by Crippen LogP contribution is -2.74. The standard InChI is InChI=1S/C29H30N.C24H20B/c1-19-24-17-16-22-11-7-9-13-26(22)28(24)27-23(18-30(19)20(2)29(3,4)5)15-14-21-10-6-8-12-25(21)27;1-5-13-21(14-6-1)25(22-15-7-2-8-16-22,23-17-9-3-10-18-23)24-19-11-4-12-20-24/h6-20H,1-5H3;1-20H/q+1;-1/t19-,20+;/m1./s1. The van der Waals surface area contributed by atoms with Crippen LogP contribution in [-0.2, 0) is 0 Å². The lowest BCUT2D eigenvalue weighted by molar-refractivity contribution is -0.609.